The fourth-order valence-corrected chi connectivity index (χ4v) is 3.74. The number of hydrogen-bond acceptors (Lipinski definition) is 4. The average molecular weight is 415 g/mol. The molecule has 2 atom stereocenters. The Hall–Kier alpha value is 0.0200. The number of allylic oxidation sites excluding steroid dienone is 1. The first-order valence-electron chi connectivity index (χ1n) is 5.59. The zero-order chi connectivity index (χ0) is 17.5. The number of carbonyl (C=O) groups is 1. The van der Waals surface area contributed by atoms with Crippen molar-refractivity contribution < 1.29 is 28.4 Å². The summed E-state index contributed by atoms with van der Waals surface area (Å²) in [6.45, 7) is 2.48. The minimum absolute atomic E-state index is 0.303. The summed E-state index contributed by atoms with van der Waals surface area (Å²) in [5.74, 6) is -0.336. The number of hydrogen-bond donors (Lipinski definition) is 3. The summed E-state index contributed by atoms with van der Waals surface area (Å²) in [6.07, 6.45) is -0.886. The van der Waals surface area contributed by atoms with E-state index in [9.17, 15) is 9.36 Å². The van der Waals surface area contributed by atoms with E-state index in [2.05, 4.69) is 5.32 Å². The Bertz CT molecular complexity index is 613. The maximum atomic E-state index is 11.3. The molecule has 1 aliphatic carbocycles. The average Bonchev–Trinajstić information content (AvgIpc) is 2.38. The number of alkyl carbamates (subject to hydrolysis) is 1. The molecule has 7 nitrogen and oxygen atoms in total. The summed E-state index contributed by atoms with van der Waals surface area (Å²) < 4.78 is 20.8. The number of rotatable bonds is 3. The van der Waals surface area contributed by atoms with E-state index in [1.54, 1.807) is 0 Å². The van der Waals surface area contributed by atoms with Crippen molar-refractivity contribution in [3.63, 3.8) is 0 Å². The van der Waals surface area contributed by atoms with E-state index in [1.807, 2.05) is 0 Å². The third-order valence-electron chi connectivity index (χ3n) is 3.02. The minimum Gasteiger partial charge on any atom is -0.407 e. The Labute approximate surface area is 146 Å². The van der Waals surface area contributed by atoms with Gasteiger partial charge in [-0.3, -0.25) is 4.52 Å². The number of halogens is 4. The van der Waals surface area contributed by atoms with Gasteiger partial charge in [-0.25, -0.2) is 9.36 Å². The van der Waals surface area contributed by atoms with Gasteiger partial charge in [-0.2, -0.15) is 0 Å². The van der Waals surface area contributed by atoms with Gasteiger partial charge in [0.1, 0.15) is 15.5 Å². The molecular formula is C10H12Cl4NO6P. The van der Waals surface area contributed by atoms with Crippen LogP contribution in [0.2, 0.25) is 0 Å². The zero-order valence-corrected chi connectivity index (χ0v) is 15.4. The fraction of sp³-hybridized carbons (Fsp3) is 0.500. The Morgan fingerprint density at radius 1 is 1.23 bits per heavy atom. The van der Waals surface area contributed by atoms with Crippen molar-refractivity contribution in [1.29, 1.82) is 0 Å². The molecule has 0 aromatic carbocycles. The number of nitrogens with one attached hydrogen (secondary N) is 1. The van der Waals surface area contributed by atoms with Crippen molar-refractivity contribution in [2.24, 2.45) is 0 Å². The topological polar surface area (TPSA) is 105 Å². The van der Waals surface area contributed by atoms with E-state index in [-0.39, 0.29) is 20.9 Å². The van der Waals surface area contributed by atoms with Gasteiger partial charge in [0.2, 0.25) is 0 Å². The number of alkyl halides is 1. The van der Waals surface area contributed by atoms with Crippen molar-refractivity contribution in [2.75, 3.05) is 7.05 Å². The predicted octanol–water partition coefficient (Wildman–Crippen LogP) is 3.36. The van der Waals surface area contributed by atoms with Crippen LogP contribution in [0.25, 0.3) is 0 Å². The number of amides is 1. The molecule has 0 fully saturated rings. The summed E-state index contributed by atoms with van der Waals surface area (Å²) >= 11 is 24.4. The molecule has 0 aromatic rings. The Kier molecular flexibility index (Phi) is 5.92. The number of carbonyl (C=O) groups excluding carboxylic acids is 1. The van der Waals surface area contributed by atoms with Gasteiger partial charge >= 0.3 is 13.9 Å². The van der Waals surface area contributed by atoms with Crippen molar-refractivity contribution in [3.8, 4) is 0 Å². The third kappa shape index (κ3) is 3.57. The van der Waals surface area contributed by atoms with Crippen LogP contribution in [0.15, 0.2) is 20.9 Å². The van der Waals surface area contributed by atoms with Gasteiger partial charge in [0.25, 0.3) is 0 Å². The molecule has 0 saturated carbocycles. The predicted molar refractivity (Wildman–Crippen MR) is 82.9 cm³/mol. The highest BCUT2D eigenvalue weighted by molar-refractivity contribution is 7.46. The van der Waals surface area contributed by atoms with Crippen molar-refractivity contribution in [1.82, 2.24) is 5.32 Å². The van der Waals surface area contributed by atoms with Crippen LogP contribution in [0, 0.1) is 0 Å². The van der Waals surface area contributed by atoms with Crippen LogP contribution < -0.4 is 5.32 Å². The van der Waals surface area contributed by atoms with Gasteiger partial charge in [-0.15, -0.1) is 11.6 Å². The Morgan fingerprint density at radius 2 is 1.73 bits per heavy atom. The molecule has 0 heterocycles. The molecule has 0 spiro atoms. The third-order valence-corrected chi connectivity index (χ3v) is 5.82. The highest BCUT2D eigenvalue weighted by Crippen LogP contribution is 2.58. The van der Waals surface area contributed by atoms with Crippen LogP contribution >= 0.6 is 54.2 Å². The van der Waals surface area contributed by atoms with E-state index in [4.69, 9.17) is 65.5 Å². The smallest absolute Gasteiger partial charge is 0.407 e. The van der Waals surface area contributed by atoms with Crippen LogP contribution in [0.4, 0.5) is 4.79 Å². The molecule has 0 bridgehead atoms. The van der Waals surface area contributed by atoms with Gasteiger partial charge in [0.05, 0.1) is 10.1 Å². The number of phosphoric acid groups is 1. The molecule has 0 radical (unpaired) electrons. The Balaban J connectivity index is 3.49. The molecule has 3 N–H and O–H groups in total. The monoisotopic (exact) mass is 413 g/mol. The molecular weight excluding hydrogens is 403 g/mol. The van der Waals surface area contributed by atoms with Gasteiger partial charge in [0.15, 0.2) is 5.76 Å². The maximum absolute atomic E-state index is 11.3. The van der Waals surface area contributed by atoms with Crippen LogP contribution in [-0.4, -0.2) is 33.4 Å². The van der Waals surface area contributed by atoms with Crippen LogP contribution in [0.1, 0.15) is 13.8 Å². The molecule has 126 valence electrons. The summed E-state index contributed by atoms with van der Waals surface area (Å²) in [5, 5.41) is 1.14. The van der Waals surface area contributed by atoms with Crippen LogP contribution in [0.3, 0.4) is 0 Å². The lowest BCUT2D eigenvalue weighted by atomic mass is 9.84. The lowest BCUT2D eigenvalue weighted by molar-refractivity contribution is 0.0608. The quantitative estimate of drug-likeness (QED) is 0.483. The van der Waals surface area contributed by atoms with Crippen molar-refractivity contribution in [3.05, 3.63) is 20.9 Å². The summed E-state index contributed by atoms with van der Waals surface area (Å²) in [4.78, 5) is 27.7. The van der Waals surface area contributed by atoms with Crippen molar-refractivity contribution in [2.45, 2.75) is 24.3 Å². The first-order valence-corrected chi connectivity index (χ1v) is 8.63. The Morgan fingerprint density at radius 3 is 2.14 bits per heavy atom. The first-order chi connectivity index (χ1) is 9.78. The van der Waals surface area contributed by atoms with E-state index in [1.165, 1.54) is 20.9 Å². The molecule has 0 saturated heterocycles. The van der Waals surface area contributed by atoms with Crippen LogP contribution in [0.5, 0.6) is 0 Å². The highest BCUT2D eigenvalue weighted by Gasteiger charge is 2.58. The van der Waals surface area contributed by atoms with E-state index in [0.29, 0.717) is 0 Å². The molecule has 0 aromatic heterocycles. The molecule has 0 aliphatic heterocycles. The summed E-state index contributed by atoms with van der Waals surface area (Å²) in [5.41, 5.74) is -1.96. The standard InChI is InChI=1S/C10H12Cl4NO6P/c1-9(14)7(13)5(20-8(16)15-3)4(11)6(12)10(9,2)21-22(17,18)19/h1-3H3,(H,15,16)(H2,17,18,19). The number of ether oxygens (including phenoxy) is 1. The van der Waals surface area contributed by atoms with Gasteiger partial charge in [-0.05, 0) is 13.8 Å². The molecule has 22 heavy (non-hydrogen) atoms. The van der Waals surface area contributed by atoms with E-state index >= 15 is 0 Å². The number of phosphoric ester groups is 1. The summed E-state index contributed by atoms with van der Waals surface area (Å²) in [6, 6.07) is 0. The van der Waals surface area contributed by atoms with Crippen LogP contribution in [-0.2, 0) is 13.8 Å². The molecule has 2 unspecified atom stereocenters. The van der Waals surface area contributed by atoms with Gasteiger partial charge < -0.3 is 19.8 Å². The lowest BCUT2D eigenvalue weighted by Crippen LogP contribution is -2.51. The first kappa shape index (κ1) is 20.1. The highest BCUT2D eigenvalue weighted by atomic mass is 35.5. The molecule has 1 rings (SSSR count). The van der Waals surface area contributed by atoms with E-state index < -0.39 is 24.4 Å². The zero-order valence-electron chi connectivity index (χ0n) is 11.5. The maximum Gasteiger partial charge on any atom is 0.470 e. The SMILES string of the molecule is CNC(=O)OC1=C(Cl)C(C)(Cl)C(C)(OP(=O)(O)O)C(Cl)=C1Cl. The lowest BCUT2D eigenvalue weighted by Gasteiger charge is -2.44. The molecule has 1 amide bonds. The molecule has 1 aliphatic rings. The largest absolute Gasteiger partial charge is 0.470 e. The minimum atomic E-state index is -4.99. The molecule has 12 heteroatoms. The second kappa shape index (κ2) is 6.49. The second-order valence-corrected chi connectivity index (χ2v) is 7.58. The normalized spacial score (nSPS) is 29.7. The van der Waals surface area contributed by atoms with Gasteiger partial charge in [-0.1, -0.05) is 34.8 Å². The second-order valence-electron chi connectivity index (χ2n) is 4.53. The van der Waals surface area contributed by atoms with Crippen molar-refractivity contribution >= 4 is 60.3 Å². The van der Waals surface area contributed by atoms with E-state index in [0.717, 1.165) is 0 Å². The fourth-order valence-electron chi connectivity index (χ4n) is 1.63. The van der Waals surface area contributed by atoms with Gasteiger partial charge in [0, 0.05) is 7.05 Å². The summed E-state index contributed by atoms with van der Waals surface area (Å²) in [7, 11) is -3.68.